The Morgan fingerprint density at radius 2 is 1.56 bits per heavy atom. The van der Waals surface area contributed by atoms with Crippen molar-refractivity contribution in [1.29, 1.82) is 0 Å². The van der Waals surface area contributed by atoms with Crippen molar-refractivity contribution in [2.75, 3.05) is 31.0 Å². The number of rotatable bonds is 10. The van der Waals surface area contributed by atoms with E-state index >= 15 is 0 Å². The number of amides is 2. The molecule has 176 valence electrons. The molecule has 0 aliphatic carbocycles. The molecule has 0 saturated heterocycles. The van der Waals surface area contributed by atoms with E-state index in [1.807, 2.05) is 30.3 Å². The number of ether oxygens (including phenoxy) is 2. The maximum absolute atomic E-state index is 12.5. The van der Waals surface area contributed by atoms with Gasteiger partial charge in [0, 0.05) is 30.5 Å². The third-order valence-electron chi connectivity index (χ3n) is 4.79. The monoisotopic (exact) mass is 477 g/mol. The van der Waals surface area contributed by atoms with Crippen LogP contribution in [0, 0.1) is 0 Å². The average Bonchev–Trinajstić information content (AvgIpc) is 2.84. The van der Waals surface area contributed by atoms with Gasteiger partial charge in [-0.25, -0.2) is 0 Å². The van der Waals surface area contributed by atoms with Crippen LogP contribution in [0.2, 0.25) is 0 Å². The van der Waals surface area contributed by atoms with Crippen LogP contribution < -0.4 is 20.7 Å². The summed E-state index contributed by atoms with van der Waals surface area (Å²) in [5, 5.41) is 8.66. The van der Waals surface area contributed by atoms with Gasteiger partial charge in [-0.05, 0) is 66.7 Å². The predicted octanol–water partition coefficient (Wildman–Crippen LogP) is 4.41. The van der Waals surface area contributed by atoms with Gasteiger partial charge >= 0.3 is 0 Å². The Kier molecular flexibility index (Phi) is 9.57. The Labute approximate surface area is 204 Å². The lowest BCUT2D eigenvalue weighted by Crippen LogP contribution is -2.34. The summed E-state index contributed by atoms with van der Waals surface area (Å²) in [4.78, 5) is 24.8. The number of methoxy groups -OCH3 is 1. The number of hydrogen-bond donors (Lipinski definition) is 3. The number of carbonyl (C=O) groups is 2. The first-order valence-electron chi connectivity index (χ1n) is 10.8. The highest BCUT2D eigenvalue weighted by atomic mass is 32.1. The Morgan fingerprint density at radius 1 is 0.853 bits per heavy atom. The molecule has 3 rings (SSSR count). The van der Waals surface area contributed by atoms with Gasteiger partial charge in [0.05, 0.1) is 6.61 Å². The Bertz CT molecular complexity index is 1100. The SMILES string of the molecule is COCCOc1ccc(C(=O)NC(=S)Nc2cccc(NC(=O)CCc3ccccc3)c2)cc1. The van der Waals surface area contributed by atoms with Gasteiger partial charge in [0.25, 0.3) is 5.91 Å². The van der Waals surface area contributed by atoms with E-state index in [9.17, 15) is 9.59 Å². The summed E-state index contributed by atoms with van der Waals surface area (Å²) < 4.78 is 10.4. The van der Waals surface area contributed by atoms with Gasteiger partial charge in [0.2, 0.25) is 5.91 Å². The molecule has 2 amide bonds. The average molecular weight is 478 g/mol. The van der Waals surface area contributed by atoms with Crippen molar-refractivity contribution < 1.29 is 19.1 Å². The lowest BCUT2D eigenvalue weighted by molar-refractivity contribution is -0.116. The normalized spacial score (nSPS) is 10.3. The third-order valence-corrected chi connectivity index (χ3v) is 4.99. The summed E-state index contributed by atoms with van der Waals surface area (Å²) in [6, 6.07) is 23.7. The van der Waals surface area contributed by atoms with Crippen molar-refractivity contribution in [3.63, 3.8) is 0 Å². The van der Waals surface area contributed by atoms with Crippen LogP contribution in [0.25, 0.3) is 0 Å². The minimum atomic E-state index is -0.341. The van der Waals surface area contributed by atoms with Crippen LogP contribution in [-0.2, 0) is 16.0 Å². The first-order valence-corrected chi connectivity index (χ1v) is 11.2. The van der Waals surface area contributed by atoms with Gasteiger partial charge < -0.3 is 20.1 Å². The highest BCUT2D eigenvalue weighted by molar-refractivity contribution is 7.80. The number of carbonyl (C=O) groups excluding carboxylic acids is 2. The molecular formula is C26H27N3O4S. The highest BCUT2D eigenvalue weighted by Gasteiger charge is 2.09. The largest absolute Gasteiger partial charge is 0.491 e. The van der Waals surface area contributed by atoms with Gasteiger partial charge in [-0.3, -0.25) is 14.9 Å². The van der Waals surface area contributed by atoms with Crippen LogP contribution in [0.1, 0.15) is 22.3 Å². The van der Waals surface area contributed by atoms with Crippen LogP contribution in [-0.4, -0.2) is 37.3 Å². The second-order valence-electron chi connectivity index (χ2n) is 7.39. The number of aryl methyl sites for hydroxylation is 1. The smallest absolute Gasteiger partial charge is 0.257 e. The zero-order chi connectivity index (χ0) is 24.2. The minimum absolute atomic E-state index is 0.0773. The molecule has 34 heavy (non-hydrogen) atoms. The maximum Gasteiger partial charge on any atom is 0.257 e. The molecule has 0 unspecified atom stereocenters. The van der Waals surface area contributed by atoms with Gasteiger partial charge in [-0.1, -0.05) is 36.4 Å². The molecule has 0 aromatic heterocycles. The molecule has 8 heteroatoms. The van der Waals surface area contributed by atoms with Crippen LogP contribution in [0.15, 0.2) is 78.9 Å². The molecule has 3 aromatic carbocycles. The molecule has 0 fully saturated rings. The first-order chi connectivity index (χ1) is 16.5. The molecule has 0 atom stereocenters. The minimum Gasteiger partial charge on any atom is -0.491 e. The van der Waals surface area contributed by atoms with E-state index < -0.39 is 0 Å². The topological polar surface area (TPSA) is 88.7 Å². The summed E-state index contributed by atoms with van der Waals surface area (Å²) in [7, 11) is 1.60. The Hall–Kier alpha value is -3.75. The quantitative estimate of drug-likeness (QED) is 0.296. The number of hydrogen-bond acceptors (Lipinski definition) is 5. The van der Waals surface area contributed by atoms with Crippen molar-refractivity contribution in [2.24, 2.45) is 0 Å². The van der Waals surface area contributed by atoms with E-state index in [0.29, 0.717) is 48.7 Å². The van der Waals surface area contributed by atoms with E-state index in [1.165, 1.54) is 0 Å². The van der Waals surface area contributed by atoms with E-state index in [4.69, 9.17) is 21.7 Å². The molecular weight excluding hydrogens is 450 g/mol. The summed E-state index contributed by atoms with van der Waals surface area (Å²) in [5.74, 6) is 0.231. The number of benzene rings is 3. The first kappa shape index (κ1) is 24.9. The Morgan fingerprint density at radius 3 is 2.26 bits per heavy atom. The van der Waals surface area contributed by atoms with Gasteiger partial charge in [-0.15, -0.1) is 0 Å². The van der Waals surface area contributed by atoms with Crippen LogP contribution in [0.4, 0.5) is 11.4 Å². The highest BCUT2D eigenvalue weighted by Crippen LogP contribution is 2.16. The van der Waals surface area contributed by atoms with E-state index in [0.717, 1.165) is 5.56 Å². The molecule has 0 radical (unpaired) electrons. The molecule has 0 aliphatic rings. The molecule has 0 saturated carbocycles. The zero-order valence-electron chi connectivity index (χ0n) is 18.9. The molecule has 0 spiro atoms. The van der Waals surface area contributed by atoms with Crippen LogP contribution >= 0.6 is 12.2 Å². The molecule has 0 heterocycles. The van der Waals surface area contributed by atoms with E-state index in [1.54, 1.807) is 55.6 Å². The van der Waals surface area contributed by atoms with Crippen molar-refractivity contribution in [3.05, 3.63) is 90.0 Å². The van der Waals surface area contributed by atoms with Crippen molar-refractivity contribution in [3.8, 4) is 5.75 Å². The lowest BCUT2D eigenvalue weighted by Gasteiger charge is -2.12. The molecule has 3 aromatic rings. The number of anilines is 2. The van der Waals surface area contributed by atoms with Gasteiger partial charge in [0.15, 0.2) is 5.11 Å². The fraction of sp³-hybridized carbons (Fsp3) is 0.192. The van der Waals surface area contributed by atoms with E-state index in [-0.39, 0.29) is 16.9 Å². The van der Waals surface area contributed by atoms with E-state index in [2.05, 4.69) is 16.0 Å². The number of thiocarbonyl (C=S) groups is 1. The molecule has 0 bridgehead atoms. The maximum atomic E-state index is 12.5. The second kappa shape index (κ2) is 13.1. The van der Waals surface area contributed by atoms with Gasteiger partial charge in [-0.2, -0.15) is 0 Å². The fourth-order valence-corrected chi connectivity index (χ4v) is 3.29. The summed E-state index contributed by atoms with van der Waals surface area (Å²) in [5.41, 5.74) is 2.85. The van der Waals surface area contributed by atoms with Crippen molar-refractivity contribution in [2.45, 2.75) is 12.8 Å². The molecule has 3 N–H and O–H groups in total. The second-order valence-corrected chi connectivity index (χ2v) is 7.80. The molecule has 7 nitrogen and oxygen atoms in total. The Balaban J connectivity index is 1.47. The summed E-state index contributed by atoms with van der Waals surface area (Å²) in [6.07, 6.45) is 1.05. The van der Waals surface area contributed by atoms with Crippen molar-refractivity contribution >= 4 is 40.5 Å². The predicted molar refractivity (Wildman–Crippen MR) is 137 cm³/mol. The van der Waals surface area contributed by atoms with Gasteiger partial charge in [0.1, 0.15) is 12.4 Å². The zero-order valence-corrected chi connectivity index (χ0v) is 19.7. The van der Waals surface area contributed by atoms with Crippen molar-refractivity contribution in [1.82, 2.24) is 5.32 Å². The van der Waals surface area contributed by atoms with Crippen LogP contribution in [0.3, 0.4) is 0 Å². The fourth-order valence-electron chi connectivity index (χ4n) is 3.08. The van der Waals surface area contributed by atoms with Crippen LogP contribution in [0.5, 0.6) is 5.75 Å². The summed E-state index contributed by atoms with van der Waals surface area (Å²) >= 11 is 5.27. The number of nitrogens with one attached hydrogen (secondary N) is 3. The molecule has 0 aliphatic heterocycles. The lowest BCUT2D eigenvalue weighted by atomic mass is 10.1. The summed E-state index contributed by atoms with van der Waals surface area (Å²) in [6.45, 7) is 0.920. The third kappa shape index (κ3) is 8.31. The standard InChI is InChI=1S/C26H27N3O4S/c1-32-16-17-33-23-13-11-20(12-14-23)25(31)29-26(34)28-22-9-5-8-21(18-22)27-24(30)15-10-19-6-3-2-4-7-19/h2-9,11-14,18H,10,15-17H2,1H3,(H,27,30)(H2,28,29,31,34).